The highest BCUT2D eigenvalue weighted by molar-refractivity contribution is 7.89. The van der Waals surface area contributed by atoms with Crippen molar-refractivity contribution in [3.8, 4) is 5.75 Å². The molecule has 1 atom stereocenters. The fraction of sp³-hybridized carbons (Fsp3) is 0.333. The molecule has 0 bridgehead atoms. The Morgan fingerprint density at radius 2 is 2.04 bits per heavy atom. The van der Waals surface area contributed by atoms with Crippen LogP contribution in [0.2, 0.25) is 5.02 Å². The molecular formula is C18H20ClNO4S. The predicted octanol–water partition coefficient (Wildman–Crippen LogP) is 2.85. The standard InChI is InChI=1S/C18H20ClNO4S/c1-24-14-8-9-15-13(11-14)5-4-10-18(15,21)12-20-25(22,23)17-7-3-2-6-16(17)19/h2-3,6-9,11,20-21H,4-5,10,12H2,1H3/t18-/m1/s1. The summed E-state index contributed by atoms with van der Waals surface area (Å²) in [5, 5.41) is 11.2. The summed E-state index contributed by atoms with van der Waals surface area (Å²) in [7, 11) is -2.22. The molecule has 134 valence electrons. The van der Waals surface area contributed by atoms with Gasteiger partial charge >= 0.3 is 0 Å². The average Bonchev–Trinajstić information content (AvgIpc) is 2.60. The minimum Gasteiger partial charge on any atom is -0.497 e. The number of ether oxygens (including phenoxy) is 1. The molecule has 0 aliphatic heterocycles. The lowest BCUT2D eigenvalue weighted by molar-refractivity contribution is 0.0242. The van der Waals surface area contributed by atoms with Gasteiger partial charge in [-0.2, -0.15) is 0 Å². The Hall–Kier alpha value is -1.60. The maximum absolute atomic E-state index is 12.5. The maximum atomic E-state index is 12.5. The van der Waals surface area contributed by atoms with Gasteiger partial charge in [0.2, 0.25) is 10.0 Å². The van der Waals surface area contributed by atoms with Crippen LogP contribution in [-0.2, 0) is 22.0 Å². The van der Waals surface area contributed by atoms with E-state index >= 15 is 0 Å². The Labute approximate surface area is 152 Å². The highest BCUT2D eigenvalue weighted by Crippen LogP contribution is 2.37. The number of rotatable bonds is 5. The van der Waals surface area contributed by atoms with Crippen molar-refractivity contribution in [3.05, 3.63) is 58.6 Å². The summed E-state index contributed by atoms with van der Waals surface area (Å²) in [6, 6.07) is 11.7. The third-order valence-electron chi connectivity index (χ3n) is 4.53. The Bertz CT molecular complexity index is 884. The van der Waals surface area contributed by atoms with Gasteiger partial charge in [-0.15, -0.1) is 0 Å². The van der Waals surface area contributed by atoms with Crippen LogP contribution in [0, 0.1) is 0 Å². The molecule has 0 radical (unpaired) electrons. The summed E-state index contributed by atoms with van der Waals surface area (Å²) in [4.78, 5) is 0.00558. The van der Waals surface area contributed by atoms with Crippen LogP contribution in [0.4, 0.5) is 0 Å². The molecule has 2 N–H and O–H groups in total. The van der Waals surface area contributed by atoms with E-state index in [1.54, 1.807) is 31.4 Å². The maximum Gasteiger partial charge on any atom is 0.242 e. The van der Waals surface area contributed by atoms with Gasteiger partial charge in [0.05, 0.1) is 12.1 Å². The van der Waals surface area contributed by atoms with E-state index in [0.717, 1.165) is 29.7 Å². The van der Waals surface area contributed by atoms with E-state index in [-0.39, 0.29) is 16.5 Å². The van der Waals surface area contributed by atoms with E-state index < -0.39 is 15.6 Å². The second kappa shape index (κ2) is 6.96. The number of sulfonamides is 1. The second-order valence-corrected chi connectivity index (χ2v) is 8.31. The first-order valence-corrected chi connectivity index (χ1v) is 9.86. The van der Waals surface area contributed by atoms with Crippen LogP contribution >= 0.6 is 11.6 Å². The normalized spacial score (nSPS) is 20.1. The minimum atomic E-state index is -3.81. The van der Waals surface area contributed by atoms with Gasteiger partial charge in [0.25, 0.3) is 0 Å². The number of nitrogens with one attached hydrogen (secondary N) is 1. The molecule has 5 nitrogen and oxygen atoms in total. The van der Waals surface area contributed by atoms with Crippen molar-refractivity contribution in [1.82, 2.24) is 4.72 Å². The smallest absolute Gasteiger partial charge is 0.242 e. The van der Waals surface area contributed by atoms with Crippen LogP contribution in [0.15, 0.2) is 47.4 Å². The first-order valence-electron chi connectivity index (χ1n) is 8.00. The van der Waals surface area contributed by atoms with Gasteiger partial charge < -0.3 is 9.84 Å². The number of aryl methyl sites for hydroxylation is 1. The van der Waals surface area contributed by atoms with E-state index in [1.165, 1.54) is 12.1 Å². The van der Waals surface area contributed by atoms with Gasteiger partial charge in [0.1, 0.15) is 16.2 Å². The average molecular weight is 382 g/mol. The molecule has 7 heteroatoms. The van der Waals surface area contributed by atoms with Crippen molar-refractivity contribution in [3.63, 3.8) is 0 Å². The number of fused-ring (bicyclic) bond motifs is 1. The van der Waals surface area contributed by atoms with Crippen molar-refractivity contribution in [2.75, 3.05) is 13.7 Å². The van der Waals surface area contributed by atoms with Gasteiger partial charge in [-0.1, -0.05) is 29.8 Å². The number of aliphatic hydroxyl groups is 1. The zero-order valence-corrected chi connectivity index (χ0v) is 15.4. The van der Waals surface area contributed by atoms with E-state index in [9.17, 15) is 13.5 Å². The Morgan fingerprint density at radius 1 is 1.28 bits per heavy atom. The molecule has 0 amide bonds. The number of hydrogen-bond donors (Lipinski definition) is 2. The van der Waals surface area contributed by atoms with Gasteiger partial charge in [-0.3, -0.25) is 0 Å². The Morgan fingerprint density at radius 3 is 2.76 bits per heavy atom. The largest absolute Gasteiger partial charge is 0.497 e. The summed E-state index contributed by atoms with van der Waals surface area (Å²) >= 11 is 5.98. The monoisotopic (exact) mass is 381 g/mol. The van der Waals surface area contributed by atoms with Crippen LogP contribution in [0.3, 0.4) is 0 Å². The summed E-state index contributed by atoms with van der Waals surface area (Å²) in [6.07, 6.45) is 2.08. The first kappa shape index (κ1) is 18.2. The van der Waals surface area contributed by atoms with Crippen LogP contribution < -0.4 is 9.46 Å². The van der Waals surface area contributed by atoms with Crippen molar-refractivity contribution in [2.24, 2.45) is 0 Å². The SMILES string of the molecule is COc1ccc2c(c1)CCC[C@@]2(O)CNS(=O)(=O)c1ccccc1Cl. The van der Waals surface area contributed by atoms with E-state index in [0.29, 0.717) is 6.42 Å². The summed E-state index contributed by atoms with van der Waals surface area (Å²) in [5.41, 5.74) is 0.459. The van der Waals surface area contributed by atoms with Crippen molar-refractivity contribution >= 4 is 21.6 Å². The molecule has 1 aliphatic carbocycles. The Balaban J connectivity index is 1.85. The number of hydrogen-bond acceptors (Lipinski definition) is 4. The lowest BCUT2D eigenvalue weighted by atomic mass is 9.79. The molecule has 0 spiro atoms. The minimum absolute atomic E-state index is 0.00558. The summed E-state index contributed by atoms with van der Waals surface area (Å²) in [6.45, 7) is -0.111. The fourth-order valence-electron chi connectivity index (χ4n) is 3.20. The molecule has 0 aromatic heterocycles. The molecular weight excluding hydrogens is 362 g/mol. The van der Waals surface area contributed by atoms with Gasteiger partial charge in [-0.05, 0) is 54.7 Å². The van der Waals surface area contributed by atoms with Crippen molar-refractivity contribution < 1.29 is 18.3 Å². The molecule has 0 heterocycles. The van der Waals surface area contributed by atoms with E-state index in [4.69, 9.17) is 16.3 Å². The van der Waals surface area contributed by atoms with Gasteiger partial charge in [0.15, 0.2) is 0 Å². The Kier molecular flexibility index (Phi) is 5.06. The first-order chi connectivity index (χ1) is 11.9. The highest BCUT2D eigenvalue weighted by Gasteiger charge is 2.36. The molecule has 1 aliphatic rings. The number of methoxy groups -OCH3 is 1. The highest BCUT2D eigenvalue weighted by atomic mass is 35.5. The van der Waals surface area contributed by atoms with E-state index in [2.05, 4.69) is 4.72 Å². The van der Waals surface area contributed by atoms with Crippen molar-refractivity contribution in [1.29, 1.82) is 0 Å². The van der Waals surface area contributed by atoms with Gasteiger partial charge in [-0.25, -0.2) is 13.1 Å². The third-order valence-corrected chi connectivity index (χ3v) is 6.43. The zero-order valence-electron chi connectivity index (χ0n) is 13.8. The molecule has 3 rings (SSSR count). The number of halogens is 1. The molecule has 2 aromatic rings. The topological polar surface area (TPSA) is 75.6 Å². The van der Waals surface area contributed by atoms with Crippen LogP contribution in [0.25, 0.3) is 0 Å². The molecule has 0 saturated heterocycles. The summed E-state index contributed by atoms with van der Waals surface area (Å²) < 4.78 is 32.8. The lowest BCUT2D eigenvalue weighted by Crippen LogP contribution is -2.43. The molecule has 0 saturated carbocycles. The molecule has 25 heavy (non-hydrogen) atoms. The molecule has 0 unspecified atom stereocenters. The van der Waals surface area contributed by atoms with Crippen LogP contribution in [0.5, 0.6) is 5.75 Å². The van der Waals surface area contributed by atoms with Crippen LogP contribution in [0.1, 0.15) is 24.0 Å². The van der Waals surface area contributed by atoms with Crippen molar-refractivity contribution in [2.45, 2.75) is 29.8 Å². The quantitative estimate of drug-likeness (QED) is 0.835. The fourth-order valence-corrected chi connectivity index (χ4v) is 4.81. The predicted molar refractivity (Wildman–Crippen MR) is 96.5 cm³/mol. The molecule has 2 aromatic carbocycles. The van der Waals surface area contributed by atoms with Gasteiger partial charge in [0, 0.05) is 6.54 Å². The van der Waals surface area contributed by atoms with Crippen LogP contribution in [-0.4, -0.2) is 27.2 Å². The number of benzene rings is 2. The zero-order chi connectivity index (χ0) is 18.1. The summed E-state index contributed by atoms with van der Waals surface area (Å²) in [5.74, 6) is 0.722. The third kappa shape index (κ3) is 3.67. The lowest BCUT2D eigenvalue weighted by Gasteiger charge is -2.34. The second-order valence-electron chi connectivity index (χ2n) is 6.16. The van der Waals surface area contributed by atoms with E-state index in [1.807, 2.05) is 6.07 Å². The molecule has 0 fully saturated rings.